The number of hydrogen-bond donors (Lipinski definition) is 0. The van der Waals surface area contributed by atoms with Crippen LogP contribution in [-0.2, 0) is 21.2 Å². The number of anilines is 1. The highest BCUT2D eigenvalue weighted by molar-refractivity contribution is 7.92. The van der Waals surface area contributed by atoms with Gasteiger partial charge in [0.1, 0.15) is 6.54 Å². The Bertz CT molecular complexity index is 1340. The highest BCUT2D eigenvalue weighted by atomic mass is 35.5. The molecular formula is C20H13ClF3N3O4S. The van der Waals surface area contributed by atoms with E-state index in [1.165, 1.54) is 11.1 Å². The lowest BCUT2D eigenvalue weighted by Crippen LogP contribution is -2.33. The van der Waals surface area contributed by atoms with Gasteiger partial charge in [-0.15, -0.1) is 0 Å². The van der Waals surface area contributed by atoms with Gasteiger partial charge in [0, 0.05) is 17.1 Å². The third-order valence-corrected chi connectivity index (χ3v) is 6.76. The van der Waals surface area contributed by atoms with Crippen molar-refractivity contribution in [2.24, 2.45) is 0 Å². The third-order valence-electron chi connectivity index (χ3n) is 4.93. The van der Waals surface area contributed by atoms with Gasteiger partial charge in [0.05, 0.1) is 27.7 Å². The minimum absolute atomic E-state index is 0.00345. The Morgan fingerprint density at radius 2 is 1.69 bits per heavy atom. The fourth-order valence-corrected chi connectivity index (χ4v) is 4.33. The Morgan fingerprint density at radius 3 is 2.34 bits per heavy atom. The molecule has 0 radical (unpaired) electrons. The first-order chi connectivity index (χ1) is 15.0. The number of nitrogens with zero attached hydrogens (tertiary/aromatic N) is 3. The average Bonchev–Trinajstić information content (AvgIpc) is 3.02. The van der Waals surface area contributed by atoms with Crippen molar-refractivity contribution in [3.05, 3.63) is 65.3 Å². The van der Waals surface area contributed by atoms with Crippen LogP contribution in [0.1, 0.15) is 5.56 Å². The Kier molecular flexibility index (Phi) is 5.33. The van der Waals surface area contributed by atoms with Gasteiger partial charge in [-0.2, -0.15) is 13.2 Å². The summed E-state index contributed by atoms with van der Waals surface area (Å²) < 4.78 is 61.2. The van der Waals surface area contributed by atoms with E-state index in [0.717, 1.165) is 17.0 Å². The average molecular weight is 484 g/mol. The number of hydrogen-bond acceptors (Lipinski definition) is 5. The Hall–Kier alpha value is -3.18. The summed E-state index contributed by atoms with van der Waals surface area (Å²) in [5.41, 5.74) is -4.26. The fraction of sp³-hybridized carbons (Fsp3) is 0.150. The Morgan fingerprint density at radius 1 is 1.03 bits per heavy atom. The summed E-state index contributed by atoms with van der Waals surface area (Å²) >= 11 is 6.27. The summed E-state index contributed by atoms with van der Waals surface area (Å²) in [5.74, 6) is -0.615. The fourth-order valence-electron chi connectivity index (χ4n) is 3.36. The van der Waals surface area contributed by atoms with Crippen LogP contribution in [0.4, 0.5) is 23.7 Å². The molecule has 0 atom stereocenters. The van der Waals surface area contributed by atoms with Crippen molar-refractivity contribution in [3.8, 4) is 0 Å². The molecule has 32 heavy (non-hydrogen) atoms. The molecule has 0 unspecified atom stereocenters. The molecule has 7 nitrogen and oxygen atoms in total. The van der Waals surface area contributed by atoms with Crippen LogP contribution >= 0.6 is 11.6 Å². The zero-order valence-corrected chi connectivity index (χ0v) is 17.6. The maximum absolute atomic E-state index is 12.9. The normalized spacial score (nSPS) is 15.1. The van der Waals surface area contributed by atoms with Gasteiger partial charge in [0.25, 0.3) is 15.7 Å². The number of fused-ring (bicyclic) bond motifs is 1. The second-order valence-electron chi connectivity index (χ2n) is 6.91. The van der Waals surface area contributed by atoms with Gasteiger partial charge >= 0.3 is 11.5 Å². The molecule has 4 rings (SSSR count). The molecular weight excluding hydrogens is 471 g/mol. The molecule has 1 fully saturated rings. The highest BCUT2D eigenvalue weighted by Gasteiger charge is 2.47. The van der Waals surface area contributed by atoms with Crippen molar-refractivity contribution < 1.29 is 31.2 Å². The molecule has 0 saturated carbocycles. The van der Waals surface area contributed by atoms with E-state index in [-0.39, 0.29) is 18.8 Å². The first-order valence-corrected chi connectivity index (χ1v) is 10.9. The van der Waals surface area contributed by atoms with Gasteiger partial charge in [0.2, 0.25) is 0 Å². The summed E-state index contributed by atoms with van der Waals surface area (Å²) in [4.78, 5) is 30.6. The molecule has 0 spiro atoms. The van der Waals surface area contributed by atoms with E-state index in [1.54, 1.807) is 24.3 Å². The lowest BCUT2D eigenvalue weighted by atomic mass is 10.1. The number of aromatic nitrogens is 1. The van der Waals surface area contributed by atoms with E-state index in [2.05, 4.69) is 4.98 Å². The van der Waals surface area contributed by atoms with Gasteiger partial charge in [-0.3, -0.25) is 9.78 Å². The van der Waals surface area contributed by atoms with Crippen molar-refractivity contribution in [3.63, 3.8) is 0 Å². The zero-order valence-electron chi connectivity index (χ0n) is 16.0. The maximum atomic E-state index is 12.9. The Balaban J connectivity index is 1.61. The van der Waals surface area contributed by atoms with Crippen molar-refractivity contribution in [2.75, 3.05) is 11.4 Å². The van der Waals surface area contributed by atoms with Crippen LogP contribution in [0.3, 0.4) is 0 Å². The molecule has 1 aromatic heterocycles. The molecule has 2 aromatic carbocycles. The molecule has 3 aromatic rings. The summed E-state index contributed by atoms with van der Waals surface area (Å²) in [6.07, 6.45) is 1.44. The van der Waals surface area contributed by atoms with Gasteiger partial charge in [-0.05, 0) is 30.3 Å². The highest BCUT2D eigenvalue weighted by Crippen LogP contribution is 2.32. The van der Waals surface area contributed by atoms with Gasteiger partial charge < -0.3 is 4.90 Å². The van der Waals surface area contributed by atoms with E-state index in [9.17, 15) is 31.2 Å². The van der Waals surface area contributed by atoms with Crippen LogP contribution in [-0.4, -0.2) is 42.3 Å². The van der Waals surface area contributed by atoms with Crippen LogP contribution in [0.15, 0.2) is 59.6 Å². The van der Waals surface area contributed by atoms with Crippen LogP contribution in [0.5, 0.6) is 0 Å². The number of halogens is 4. The largest absolute Gasteiger partial charge is 0.501 e. The number of pyridine rings is 1. The summed E-state index contributed by atoms with van der Waals surface area (Å²) in [6, 6.07) is 9.78. The van der Waals surface area contributed by atoms with Gasteiger partial charge in [-0.1, -0.05) is 29.8 Å². The minimum atomic E-state index is -5.54. The molecule has 1 saturated heterocycles. The zero-order chi connectivity index (χ0) is 23.3. The number of carbonyl (C=O) groups is 2. The van der Waals surface area contributed by atoms with Crippen LogP contribution in [0.25, 0.3) is 10.9 Å². The van der Waals surface area contributed by atoms with Crippen molar-refractivity contribution in [2.45, 2.75) is 16.9 Å². The summed E-state index contributed by atoms with van der Waals surface area (Å²) in [6.45, 7) is -0.280. The predicted molar refractivity (Wildman–Crippen MR) is 110 cm³/mol. The number of para-hydroxylation sites is 1. The number of alkyl halides is 3. The predicted octanol–water partition coefficient (Wildman–Crippen LogP) is 4.15. The number of carbonyl (C=O) groups excluding carboxylic acids is 2. The summed E-state index contributed by atoms with van der Waals surface area (Å²) in [5, 5.41) is 1.02. The number of sulfone groups is 1. The SMILES string of the molecule is O=C1CN(Cc2c(Cl)cnc3ccccc23)C(=O)N1c1ccc(S(=O)(=O)C(F)(F)F)cc1. The molecule has 3 amide bonds. The van der Waals surface area contributed by atoms with Crippen LogP contribution in [0.2, 0.25) is 5.02 Å². The smallest absolute Gasteiger partial charge is 0.310 e. The molecule has 166 valence electrons. The molecule has 0 bridgehead atoms. The van der Waals surface area contributed by atoms with E-state index >= 15 is 0 Å². The molecule has 1 aliphatic rings. The van der Waals surface area contributed by atoms with Crippen molar-refractivity contribution in [1.29, 1.82) is 0 Å². The van der Waals surface area contributed by atoms with E-state index in [1.807, 2.05) is 0 Å². The number of benzene rings is 2. The lowest BCUT2D eigenvalue weighted by molar-refractivity contribution is -0.116. The number of imide groups is 1. The monoisotopic (exact) mass is 483 g/mol. The number of amides is 3. The van der Waals surface area contributed by atoms with Crippen LogP contribution in [0, 0.1) is 0 Å². The minimum Gasteiger partial charge on any atom is -0.310 e. The maximum Gasteiger partial charge on any atom is 0.501 e. The Labute approximate surface area is 184 Å². The van der Waals surface area contributed by atoms with E-state index in [0.29, 0.717) is 33.6 Å². The van der Waals surface area contributed by atoms with Gasteiger partial charge in [-0.25, -0.2) is 18.1 Å². The third kappa shape index (κ3) is 3.67. The topological polar surface area (TPSA) is 87.7 Å². The number of rotatable bonds is 4. The molecule has 1 aliphatic heterocycles. The molecule has 12 heteroatoms. The van der Waals surface area contributed by atoms with Crippen LogP contribution < -0.4 is 4.90 Å². The van der Waals surface area contributed by atoms with Crippen molar-refractivity contribution >= 4 is 50.0 Å². The molecule has 0 aliphatic carbocycles. The lowest BCUT2D eigenvalue weighted by Gasteiger charge is -2.19. The number of urea groups is 1. The first kappa shape index (κ1) is 22.0. The van der Waals surface area contributed by atoms with Gasteiger partial charge in [0.15, 0.2) is 0 Å². The standard InChI is InChI=1S/C20H13ClF3N3O4S/c21-16-9-25-17-4-2-1-3-14(17)15(16)10-26-11-18(28)27(19(26)29)12-5-7-13(8-6-12)32(30,31)20(22,23)24/h1-9H,10-11H2. The quantitative estimate of drug-likeness (QED) is 0.520. The first-order valence-electron chi connectivity index (χ1n) is 9.06. The second-order valence-corrected chi connectivity index (χ2v) is 9.26. The summed E-state index contributed by atoms with van der Waals surface area (Å²) in [7, 11) is -5.54. The van der Waals surface area contributed by atoms with E-state index in [4.69, 9.17) is 11.6 Å². The van der Waals surface area contributed by atoms with E-state index < -0.39 is 32.2 Å². The van der Waals surface area contributed by atoms with Crippen molar-refractivity contribution in [1.82, 2.24) is 9.88 Å². The molecule has 0 N–H and O–H groups in total. The molecule has 2 heterocycles. The second kappa shape index (κ2) is 7.75.